The van der Waals surface area contributed by atoms with Crippen molar-refractivity contribution in [3.05, 3.63) is 54.1 Å². The van der Waals surface area contributed by atoms with Crippen LogP contribution in [-0.4, -0.2) is 6.54 Å². The Balaban J connectivity index is 2.56. The zero-order valence-corrected chi connectivity index (χ0v) is 10.0. The molecule has 2 nitrogen and oxygen atoms in total. The van der Waals surface area contributed by atoms with Crippen LogP contribution in [0.3, 0.4) is 0 Å². The maximum atomic E-state index is 13.9. The maximum Gasteiger partial charge on any atom is 0.184 e. The third kappa shape index (κ3) is 2.14. The Hall–Kier alpha value is -2.10. The number of halogens is 2. The summed E-state index contributed by atoms with van der Waals surface area (Å²) in [6.45, 7) is 2.35. The van der Waals surface area contributed by atoms with Crippen molar-refractivity contribution in [2.75, 3.05) is 17.2 Å². The molecular formula is C14H14F2N2. The predicted molar refractivity (Wildman–Crippen MR) is 69.9 cm³/mol. The van der Waals surface area contributed by atoms with E-state index in [1.54, 1.807) is 4.90 Å². The number of hydrogen-bond donors (Lipinski definition) is 1. The lowest BCUT2D eigenvalue weighted by atomic mass is 10.2. The van der Waals surface area contributed by atoms with Gasteiger partial charge in [0.1, 0.15) is 5.69 Å². The van der Waals surface area contributed by atoms with Gasteiger partial charge in [0, 0.05) is 12.2 Å². The monoisotopic (exact) mass is 248 g/mol. The highest BCUT2D eigenvalue weighted by atomic mass is 19.2. The van der Waals surface area contributed by atoms with Crippen LogP contribution in [0.15, 0.2) is 42.5 Å². The van der Waals surface area contributed by atoms with Crippen molar-refractivity contribution in [1.82, 2.24) is 0 Å². The summed E-state index contributed by atoms with van der Waals surface area (Å²) >= 11 is 0. The molecule has 0 saturated heterocycles. The average Bonchev–Trinajstić information content (AvgIpc) is 2.40. The van der Waals surface area contributed by atoms with Crippen LogP contribution in [0.25, 0.3) is 0 Å². The number of anilines is 3. The Kier molecular flexibility index (Phi) is 3.46. The molecular weight excluding hydrogens is 234 g/mol. The van der Waals surface area contributed by atoms with Crippen LogP contribution in [0.4, 0.5) is 25.8 Å². The number of nitrogens with zero attached hydrogens (tertiary/aromatic N) is 1. The molecule has 0 saturated carbocycles. The van der Waals surface area contributed by atoms with E-state index in [0.29, 0.717) is 6.54 Å². The van der Waals surface area contributed by atoms with Crippen molar-refractivity contribution in [2.24, 2.45) is 0 Å². The van der Waals surface area contributed by atoms with Crippen molar-refractivity contribution >= 4 is 17.1 Å². The Labute approximate surface area is 105 Å². The second-order valence-corrected chi connectivity index (χ2v) is 3.88. The summed E-state index contributed by atoms with van der Waals surface area (Å²) < 4.78 is 27.2. The van der Waals surface area contributed by atoms with Crippen LogP contribution in [-0.2, 0) is 0 Å². The molecule has 0 atom stereocenters. The van der Waals surface area contributed by atoms with Gasteiger partial charge in [0.05, 0.1) is 5.69 Å². The van der Waals surface area contributed by atoms with E-state index in [0.717, 1.165) is 11.8 Å². The summed E-state index contributed by atoms with van der Waals surface area (Å²) in [5.41, 5.74) is 6.84. The molecule has 0 heterocycles. The van der Waals surface area contributed by atoms with Crippen LogP contribution in [0, 0.1) is 11.6 Å². The summed E-state index contributed by atoms with van der Waals surface area (Å²) in [6, 6.07) is 11.6. The van der Waals surface area contributed by atoms with E-state index in [4.69, 9.17) is 5.73 Å². The topological polar surface area (TPSA) is 29.3 Å². The number of nitrogens with two attached hydrogens (primary N) is 1. The average molecular weight is 248 g/mol. The van der Waals surface area contributed by atoms with Gasteiger partial charge < -0.3 is 10.6 Å². The van der Waals surface area contributed by atoms with E-state index in [9.17, 15) is 8.78 Å². The van der Waals surface area contributed by atoms with Crippen molar-refractivity contribution in [1.29, 1.82) is 0 Å². The fourth-order valence-corrected chi connectivity index (χ4v) is 1.91. The molecule has 18 heavy (non-hydrogen) atoms. The van der Waals surface area contributed by atoms with E-state index in [2.05, 4.69) is 0 Å². The zero-order chi connectivity index (χ0) is 13.1. The number of para-hydroxylation sites is 1. The minimum atomic E-state index is -0.916. The summed E-state index contributed by atoms with van der Waals surface area (Å²) in [5.74, 6) is -1.81. The van der Waals surface area contributed by atoms with Crippen LogP contribution < -0.4 is 10.6 Å². The van der Waals surface area contributed by atoms with Crippen LogP contribution in [0.2, 0.25) is 0 Å². The van der Waals surface area contributed by atoms with Gasteiger partial charge in [-0.1, -0.05) is 18.2 Å². The fourth-order valence-electron chi connectivity index (χ4n) is 1.91. The van der Waals surface area contributed by atoms with Crippen molar-refractivity contribution in [3.63, 3.8) is 0 Å². The molecule has 4 heteroatoms. The molecule has 0 fully saturated rings. The molecule has 2 aromatic carbocycles. The molecule has 2 N–H and O–H groups in total. The van der Waals surface area contributed by atoms with E-state index < -0.39 is 11.6 Å². The van der Waals surface area contributed by atoms with E-state index >= 15 is 0 Å². The second kappa shape index (κ2) is 5.04. The highest BCUT2D eigenvalue weighted by Gasteiger charge is 2.18. The standard InChI is InChI=1S/C14H14F2N2/c1-2-18(10-6-4-3-5-7-10)14-12(17)9-8-11(15)13(14)16/h3-9H,2,17H2,1H3. The van der Waals surface area contributed by atoms with E-state index in [1.807, 2.05) is 37.3 Å². The zero-order valence-electron chi connectivity index (χ0n) is 10.0. The van der Waals surface area contributed by atoms with Gasteiger partial charge >= 0.3 is 0 Å². The number of nitrogen functional groups attached to an aromatic ring is 1. The lowest BCUT2D eigenvalue weighted by molar-refractivity contribution is 0.509. The Morgan fingerprint density at radius 1 is 1.06 bits per heavy atom. The Morgan fingerprint density at radius 3 is 2.33 bits per heavy atom. The van der Waals surface area contributed by atoms with Crippen LogP contribution in [0.5, 0.6) is 0 Å². The number of hydrogen-bond acceptors (Lipinski definition) is 2. The van der Waals surface area contributed by atoms with Crippen molar-refractivity contribution in [2.45, 2.75) is 6.92 Å². The van der Waals surface area contributed by atoms with Gasteiger partial charge in [0.15, 0.2) is 11.6 Å². The molecule has 2 aromatic rings. The fraction of sp³-hybridized carbons (Fsp3) is 0.143. The number of benzene rings is 2. The number of rotatable bonds is 3. The van der Waals surface area contributed by atoms with Gasteiger partial charge in [-0.05, 0) is 31.2 Å². The SMILES string of the molecule is CCN(c1ccccc1)c1c(N)ccc(F)c1F. The lowest BCUT2D eigenvalue weighted by Crippen LogP contribution is -2.19. The Bertz CT molecular complexity index is 541. The maximum absolute atomic E-state index is 13.9. The molecule has 94 valence electrons. The summed E-state index contributed by atoms with van der Waals surface area (Å²) in [7, 11) is 0. The summed E-state index contributed by atoms with van der Waals surface area (Å²) in [6.07, 6.45) is 0. The first kappa shape index (κ1) is 12.4. The van der Waals surface area contributed by atoms with Gasteiger partial charge in [-0.25, -0.2) is 8.78 Å². The van der Waals surface area contributed by atoms with Gasteiger partial charge in [-0.3, -0.25) is 0 Å². The van der Waals surface area contributed by atoms with Gasteiger partial charge in [0.25, 0.3) is 0 Å². The summed E-state index contributed by atoms with van der Waals surface area (Å²) in [4.78, 5) is 1.65. The highest BCUT2D eigenvalue weighted by molar-refractivity contribution is 5.75. The molecule has 0 aliphatic carbocycles. The van der Waals surface area contributed by atoms with Crippen LogP contribution in [0.1, 0.15) is 6.92 Å². The summed E-state index contributed by atoms with van der Waals surface area (Å²) in [5, 5.41) is 0. The molecule has 2 rings (SSSR count). The molecule has 0 bridgehead atoms. The molecule has 0 spiro atoms. The first-order valence-corrected chi connectivity index (χ1v) is 5.71. The van der Waals surface area contributed by atoms with Crippen LogP contribution >= 0.6 is 0 Å². The molecule has 0 aromatic heterocycles. The largest absolute Gasteiger partial charge is 0.397 e. The van der Waals surface area contributed by atoms with E-state index in [-0.39, 0.29) is 11.4 Å². The van der Waals surface area contributed by atoms with Gasteiger partial charge in [-0.2, -0.15) is 0 Å². The third-order valence-electron chi connectivity index (χ3n) is 2.75. The lowest BCUT2D eigenvalue weighted by Gasteiger charge is -2.25. The minimum absolute atomic E-state index is 0.0868. The smallest absolute Gasteiger partial charge is 0.184 e. The van der Waals surface area contributed by atoms with E-state index in [1.165, 1.54) is 6.07 Å². The van der Waals surface area contributed by atoms with Gasteiger partial charge in [-0.15, -0.1) is 0 Å². The van der Waals surface area contributed by atoms with Crippen molar-refractivity contribution < 1.29 is 8.78 Å². The van der Waals surface area contributed by atoms with Crippen molar-refractivity contribution in [3.8, 4) is 0 Å². The highest BCUT2D eigenvalue weighted by Crippen LogP contribution is 2.33. The molecule has 0 radical (unpaired) electrons. The normalized spacial score (nSPS) is 10.4. The molecule has 0 unspecified atom stereocenters. The quantitative estimate of drug-likeness (QED) is 0.839. The first-order chi connectivity index (χ1) is 8.65. The Morgan fingerprint density at radius 2 is 1.72 bits per heavy atom. The molecule has 0 aliphatic heterocycles. The minimum Gasteiger partial charge on any atom is -0.397 e. The third-order valence-corrected chi connectivity index (χ3v) is 2.75. The second-order valence-electron chi connectivity index (χ2n) is 3.88. The predicted octanol–water partition coefficient (Wildman–Crippen LogP) is 3.71. The van der Waals surface area contributed by atoms with Gasteiger partial charge in [0.2, 0.25) is 0 Å². The molecule has 0 aliphatic rings. The first-order valence-electron chi connectivity index (χ1n) is 5.71. The molecule has 0 amide bonds.